The van der Waals surface area contributed by atoms with Crippen LogP contribution < -0.4 is 0 Å². The second-order valence-electron chi connectivity index (χ2n) is 22.4. The van der Waals surface area contributed by atoms with Crippen LogP contribution in [0, 0.1) is 17.8 Å². The van der Waals surface area contributed by atoms with Crippen molar-refractivity contribution in [2.24, 2.45) is 17.8 Å². The molecule has 46 heavy (non-hydrogen) atoms. The molecule has 0 heterocycles. The summed E-state index contributed by atoms with van der Waals surface area (Å²) in [6.45, 7) is 68.6. The molecule has 0 spiro atoms. The molecule has 0 aromatic carbocycles. The van der Waals surface area contributed by atoms with Crippen molar-refractivity contribution in [2.75, 3.05) is 0 Å². The van der Waals surface area contributed by atoms with Crippen molar-refractivity contribution in [3.63, 3.8) is 0 Å². The fourth-order valence-corrected chi connectivity index (χ4v) is 89.5. The number of hydrogen-bond donors (Lipinski definition) is 0. The van der Waals surface area contributed by atoms with Gasteiger partial charge in [0.1, 0.15) is 0 Å². The first kappa shape index (κ1) is 46.9. The second-order valence-corrected chi connectivity index (χ2v) is 51.0. The van der Waals surface area contributed by atoms with Gasteiger partial charge in [0.15, 0.2) is 0 Å². The molecule has 0 bridgehead atoms. The molecule has 5 atom stereocenters. The zero-order valence-corrected chi connectivity index (χ0v) is 41.3. The van der Waals surface area contributed by atoms with Crippen molar-refractivity contribution in [3.05, 3.63) is 0 Å². The highest BCUT2D eigenvalue weighted by molar-refractivity contribution is 7.49. The monoisotopic (exact) mass is 711 g/mol. The highest BCUT2D eigenvalue weighted by Gasteiger charge is 2.78. The van der Waals surface area contributed by atoms with Crippen LogP contribution in [-0.4, -0.2) is 31.3 Å². The van der Waals surface area contributed by atoms with Gasteiger partial charge in [0.05, 0.1) is 16.1 Å². The molecule has 0 aliphatic rings. The van der Waals surface area contributed by atoms with Gasteiger partial charge < -0.3 is 0 Å². The molecule has 0 aromatic heterocycles. The molecule has 4 heteroatoms. The van der Waals surface area contributed by atoms with Crippen LogP contribution in [-0.2, 0) is 0 Å². The van der Waals surface area contributed by atoms with Crippen LogP contribution in [0.3, 0.4) is 0 Å². The van der Waals surface area contributed by atoms with Crippen molar-refractivity contribution >= 4 is 31.3 Å². The van der Waals surface area contributed by atoms with Crippen LogP contribution in [0.1, 0.15) is 185 Å². The minimum absolute atomic E-state index is 0.300. The second kappa shape index (κ2) is 16.0. The quantitative estimate of drug-likeness (QED) is 0.140. The predicted octanol–water partition coefficient (Wildman–Crippen LogP) is 16.5. The van der Waals surface area contributed by atoms with Gasteiger partial charge in [-0.3, -0.25) is 0 Å². The highest BCUT2D eigenvalue weighted by atomic mass is 29.3. The van der Waals surface area contributed by atoms with Crippen LogP contribution in [0.25, 0.3) is 0 Å². The molecule has 5 unspecified atom stereocenters. The van der Waals surface area contributed by atoms with Crippen LogP contribution in [0.15, 0.2) is 0 Å². The van der Waals surface area contributed by atoms with Gasteiger partial charge in [-0.2, -0.15) is 0 Å². The molecule has 0 radical (unpaired) electrons. The van der Waals surface area contributed by atoms with E-state index in [1.54, 1.807) is 18.1 Å². The number of hydrogen-bond acceptors (Lipinski definition) is 0. The van der Waals surface area contributed by atoms with Gasteiger partial charge in [0.2, 0.25) is 0 Å². The summed E-state index contributed by atoms with van der Waals surface area (Å²) >= 11 is 0. The first-order chi connectivity index (χ1) is 20.3. The van der Waals surface area contributed by atoms with E-state index < -0.39 is 31.3 Å². The third-order valence-electron chi connectivity index (χ3n) is 14.5. The van der Waals surface area contributed by atoms with Gasteiger partial charge in [-0.05, 0) is 54.5 Å². The predicted molar refractivity (Wildman–Crippen MR) is 230 cm³/mol. The molecule has 278 valence electrons. The highest BCUT2D eigenvalue weighted by Crippen LogP contribution is 2.77. The van der Waals surface area contributed by atoms with Gasteiger partial charge in [0.25, 0.3) is 0 Å². The smallest absolute Gasteiger partial charge is 0.0674 e. The Morgan fingerprint density at radius 1 is 0.413 bits per heavy atom. The average molecular weight is 712 g/mol. The molecule has 0 nitrogen and oxygen atoms in total. The van der Waals surface area contributed by atoms with Crippen LogP contribution in [0.5, 0.6) is 0 Å². The molecule has 0 rings (SSSR count). The van der Waals surface area contributed by atoms with Crippen molar-refractivity contribution < 1.29 is 0 Å². The Balaban J connectivity index is 9.95. The first-order valence-electron chi connectivity index (χ1n) is 20.3. The van der Waals surface area contributed by atoms with Gasteiger partial charge >= 0.3 is 0 Å². The molecule has 0 aliphatic heterocycles. The summed E-state index contributed by atoms with van der Waals surface area (Å²) in [4.78, 5) is 0.968. The molecule has 0 saturated carbocycles. The van der Waals surface area contributed by atoms with Gasteiger partial charge in [0, 0.05) is 15.2 Å². The summed E-state index contributed by atoms with van der Waals surface area (Å²) in [7, 11) is -8.29. The first-order valence-corrected chi connectivity index (χ1v) is 30.9. The molecule has 0 aromatic rings. The maximum Gasteiger partial charge on any atom is 0.0674 e. The fraction of sp³-hybridized carbons (Fsp3) is 1.00. The lowest BCUT2D eigenvalue weighted by Crippen LogP contribution is -2.83. The van der Waals surface area contributed by atoms with E-state index >= 15 is 0 Å². The van der Waals surface area contributed by atoms with E-state index in [4.69, 9.17) is 0 Å². The van der Waals surface area contributed by atoms with E-state index in [-0.39, 0.29) is 0 Å². The summed E-state index contributed by atoms with van der Waals surface area (Å²) in [6, 6.07) is 4.65. The molecular formula is C42H94Si4. The summed E-state index contributed by atoms with van der Waals surface area (Å²) in [5.74, 6) is 2.34. The summed E-state index contributed by atoms with van der Waals surface area (Å²) in [5.41, 5.74) is 2.54. The molecule has 0 aliphatic carbocycles. The average Bonchev–Trinajstić information content (AvgIpc) is 2.82. The Morgan fingerprint density at radius 2 is 0.652 bits per heavy atom. The Bertz CT molecular complexity index is 815. The zero-order valence-electron chi connectivity index (χ0n) is 37.3. The van der Waals surface area contributed by atoms with Crippen molar-refractivity contribution in [3.8, 4) is 0 Å². The molecule has 0 amide bonds. The maximum absolute atomic E-state index is 3.18. The lowest BCUT2D eigenvalue weighted by atomic mass is 10.2. The van der Waals surface area contributed by atoms with Crippen molar-refractivity contribution in [1.82, 2.24) is 0 Å². The summed E-state index contributed by atoms with van der Waals surface area (Å²) < 4.78 is 0. The minimum Gasteiger partial charge on any atom is -0.0709 e. The molecule has 0 N–H and O–H groups in total. The van der Waals surface area contributed by atoms with Crippen LogP contribution >= 0.6 is 0 Å². The number of rotatable bonds is 16. The lowest BCUT2D eigenvalue weighted by Gasteiger charge is -2.76. The Morgan fingerprint density at radius 3 is 0.804 bits per heavy atom. The maximum atomic E-state index is 3.18. The van der Waals surface area contributed by atoms with E-state index in [0.717, 1.165) is 39.2 Å². The normalized spacial score (nSPS) is 20.1. The van der Waals surface area contributed by atoms with E-state index in [1.165, 1.54) is 19.3 Å². The topological polar surface area (TPSA) is 0 Å². The Kier molecular flexibility index (Phi) is 16.3. The van der Waals surface area contributed by atoms with E-state index in [1.807, 2.05) is 0 Å². The van der Waals surface area contributed by atoms with E-state index in [0.29, 0.717) is 20.2 Å². The molecule has 0 saturated heterocycles. The van der Waals surface area contributed by atoms with E-state index in [9.17, 15) is 0 Å². The Hall–Kier alpha value is 0.868. The van der Waals surface area contributed by atoms with Crippen LogP contribution in [0.4, 0.5) is 0 Å². The summed E-state index contributed by atoms with van der Waals surface area (Å²) in [6.07, 6.45) is 4.09. The summed E-state index contributed by atoms with van der Waals surface area (Å²) in [5, 5.41) is 1.25. The van der Waals surface area contributed by atoms with Crippen molar-refractivity contribution in [2.45, 2.75) is 252 Å². The van der Waals surface area contributed by atoms with Gasteiger partial charge in [-0.15, -0.1) is 0 Å². The fourth-order valence-electron chi connectivity index (χ4n) is 14.1. The zero-order chi connectivity index (χ0) is 37.3. The van der Waals surface area contributed by atoms with Gasteiger partial charge in [-0.25, -0.2) is 0 Å². The van der Waals surface area contributed by atoms with Gasteiger partial charge in [-0.1, -0.05) is 215 Å². The molecule has 0 fully saturated rings. The standard InChI is InChI=1S/C42H94Si4/c1-26-35(10)45(36(11)27-2,37(12)28-3)38(46(40(16,17)18,41(19,20)21)42(22,23)24)43(25,39(13,14)15)44(29-32(4)5,30-33(6)7)31-34(8)9/h32-38H,26-31H2,1-25H3. The third-order valence-corrected chi connectivity index (χ3v) is 63.4. The Labute approximate surface area is 299 Å². The van der Waals surface area contributed by atoms with Crippen LogP contribution in [0.2, 0.25) is 66.2 Å². The minimum atomic E-state index is -2.25. The lowest BCUT2D eigenvalue weighted by molar-refractivity contribution is 0.519. The van der Waals surface area contributed by atoms with Crippen molar-refractivity contribution in [1.29, 1.82) is 0 Å². The SMILES string of the molecule is CCC(C)[Si](C(C)CC)(C(C)CC)C([Si](C(C)(C)C)(C(C)(C)C)C(C)(C)C)[Si](C)(C(C)(C)C)[Si](CC(C)C)(CC(C)C)CC(C)C. The van der Waals surface area contributed by atoms with E-state index in [2.05, 4.69) is 173 Å². The molecular weight excluding hydrogens is 617 g/mol. The largest absolute Gasteiger partial charge is 0.0709 e. The third kappa shape index (κ3) is 8.16.